The highest BCUT2D eigenvalue weighted by Crippen LogP contribution is 2.47. The minimum absolute atomic E-state index is 0.630. The molecule has 55 heavy (non-hydrogen) atoms. The number of aryl methyl sites for hydroxylation is 1. The Labute approximate surface area is 315 Å². The van der Waals surface area contributed by atoms with Crippen LogP contribution in [0.5, 0.6) is 0 Å². The first-order valence-electron chi connectivity index (χ1n) is 18.8. The van der Waals surface area contributed by atoms with E-state index in [1.165, 1.54) is 32.5 Å². The van der Waals surface area contributed by atoms with Gasteiger partial charge in [-0.2, -0.15) is 0 Å². The van der Waals surface area contributed by atoms with Gasteiger partial charge in [0.25, 0.3) is 0 Å². The van der Waals surface area contributed by atoms with E-state index in [1.54, 1.807) is 0 Å². The molecule has 12 aromatic rings. The average Bonchev–Trinajstić information content (AvgIpc) is 3.81. The highest BCUT2D eigenvalue weighted by molar-refractivity contribution is 6.33. The Kier molecular flexibility index (Phi) is 6.23. The number of rotatable bonds is 3. The minimum Gasteiger partial charge on any atom is -0.455 e. The molecule has 4 heteroatoms. The fraction of sp³-hybridized carbons (Fsp3) is 0.0196. The maximum atomic E-state index is 6.71. The molecule has 9 aromatic carbocycles. The Morgan fingerprint density at radius 2 is 1.13 bits per heavy atom. The second kappa shape index (κ2) is 11.3. The molecule has 0 aliphatic carbocycles. The summed E-state index contributed by atoms with van der Waals surface area (Å²) >= 11 is 0. The molecule has 0 saturated carbocycles. The van der Waals surface area contributed by atoms with Crippen LogP contribution in [0.4, 0.5) is 0 Å². The van der Waals surface area contributed by atoms with Crippen molar-refractivity contribution >= 4 is 87.0 Å². The number of hydrogen-bond donors (Lipinski definition) is 0. The highest BCUT2D eigenvalue weighted by atomic mass is 16.3. The van der Waals surface area contributed by atoms with Gasteiger partial charge in [-0.3, -0.25) is 4.57 Å². The van der Waals surface area contributed by atoms with E-state index in [9.17, 15) is 0 Å². The van der Waals surface area contributed by atoms with Crippen molar-refractivity contribution in [1.82, 2.24) is 14.5 Å². The van der Waals surface area contributed by atoms with Gasteiger partial charge in [-0.25, -0.2) is 9.97 Å². The van der Waals surface area contributed by atoms with Crippen molar-refractivity contribution < 1.29 is 4.42 Å². The molecule has 0 atom stereocenters. The molecule has 0 amide bonds. The van der Waals surface area contributed by atoms with Crippen LogP contribution in [0.2, 0.25) is 0 Å². The number of fused-ring (bicyclic) bond motifs is 14. The van der Waals surface area contributed by atoms with Crippen LogP contribution < -0.4 is 0 Å². The first kappa shape index (κ1) is 30.2. The number of hydrogen-bond acceptors (Lipinski definition) is 3. The van der Waals surface area contributed by atoms with Crippen molar-refractivity contribution in [3.8, 4) is 28.3 Å². The number of aromatic nitrogens is 3. The Morgan fingerprint density at radius 1 is 0.455 bits per heavy atom. The molecule has 0 saturated heterocycles. The Bertz CT molecular complexity index is 3560. The van der Waals surface area contributed by atoms with Gasteiger partial charge >= 0.3 is 0 Å². The van der Waals surface area contributed by atoms with E-state index in [-0.39, 0.29) is 0 Å². The predicted molar refractivity (Wildman–Crippen MR) is 229 cm³/mol. The summed E-state index contributed by atoms with van der Waals surface area (Å²) in [5, 5.41) is 12.6. The fourth-order valence-electron chi connectivity index (χ4n) is 9.03. The van der Waals surface area contributed by atoms with Gasteiger partial charge in [-0.05, 0) is 46.7 Å². The summed E-state index contributed by atoms with van der Waals surface area (Å²) in [5.74, 6) is 0.630. The summed E-state index contributed by atoms with van der Waals surface area (Å²) in [6, 6.07) is 60.5. The summed E-state index contributed by atoms with van der Waals surface area (Å²) in [5.41, 5.74) is 10.0. The van der Waals surface area contributed by atoms with E-state index in [4.69, 9.17) is 14.4 Å². The number of benzene rings is 9. The molecule has 4 nitrogen and oxygen atoms in total. The summed E-state index contributed by atoms with van der Waals surface area (Å²) in [6.07, 6.45) is 0. The van der Waals surface area contributed by atoms with Crippen LogP contribution in [0.15, 0.2) is 174 Å². The zero-order valence-corrected chi connectivity index (χ0v) is 29.9. The van der Waals surface area contributed by atoms with Gasteiger partial charge in [-0.1, -0.05) is 157 Å². The quantitative estimate of drug-likeness (QED) is 0.172. The lowest BCUT2D eigenvalue weighted by molar-refractivity contribution is 0.670. The van der Waals surface area contributed by atoms with E-state index in [0.717, 1.165) is 82.4 Å². The van der Waals surface area contributed by atoms with Gasteiger partial charge in [0.1, 0.15) is 11.2 Å². The summed E-state index contributed by atoms with van der Waals surface area (Å²) in [4.78, 5) is 11.2. The molecule has 256 valence electrons. The fourth-order valence-corrected chi connectivity index (χ4v) is 9.03. The van der Waals surface area contributed by atoms with Gasteiger partial charge in [0.15, 0.2) is 0 Å². The lowest BCUT2D eigenvalue weighted by Crippen LogP contribution is -2.05. The van der Waals surface area contributed by atoms with Crippen LogP contribution in [-0.2, 0) is 0 Å². The lowest BCUT2D eigenvalue weighted by atomic mass is 9.95. The van der Waals surface area contributed by atoms with Crippen LogP contribution in [0, 0.1) is 6.92 Å². The summed E-state index contributed by atoms with van der Waals surface area (Å²) in [7, 11) is 0. The highest BCUT2D eigenvalue weighted by Gasteiger charge is 2.25. The molecule has 0 N–H and O–H groups in total. The molecule has 3 aromatic heterocycles. The van der Waals surface area contributed by atoms with Crippen molar-refractivity contribution in [3.63, 3.8) is 0 Å². The molecule has 3 heterocycles. The van der Waals surface area contributed by atoms with Crippen LogP contribution in [0.25, 0.3) is 115 Å². The molecule has 0 radical (unpaired) electrons. The molecule has 0 bridgehead atoms. The monoisotopic (exact) mass is 701 g/mol. The van der Waals surface area contributed by atoms with E-state index in [1.807, 2.05) is 6.07 Å². The predicted octanol–water partition coefficient (Wildman–Crippen LogP) is 13.7. The van der Waals surface area contributed by atoms with Crippen LogP contribution in [-0.4, -0.2) is 14.5 Å². The minimum atomic E-state index is 0.630. The van der Waals surface area contributed by atoms with Crippen LogP contribution >= 0.6 is 0 Å². The maximum Gasteiger partial charge on any atom is 0.235 e. The number of nitrogens with zero attached hydrogens (tertiary/aromatic N) is 3. The number of furan rings is 1. The third-order valence-electron chi connectivity index (χ3n) is 11.4. The maximum absolute atomic E-state index is 6.71. The van der Waals surface area contributed by atoms with Gasteiger partial charge < -0.3 is 4.42 Å². The smallest absolute Gasteiger partial charge is 0.235 e. The molecular formula is C51H31N3O. The van der Waals surface area contributed by atoms with E-state index >= 15 is 0 Å². The topological polar surface area (TPSA) is 43.9 Å². The van der Waals surface area contributed by atoms with Gasteiger partial charge in [0.2, 0.25) is 5.95 Å². The third kappa shape index (κ3) is 4.28. The Hall–Kier alpha value is -7.30. The Balaban J connectivity index is 1.34. The van der Waals surface area contributed by atoms with Gasteiger partial charge in [0, 0.05) is 54.4 Å². The Morgan fingerprint density at radius 3 is 2.00 bits per heavy atom. The van der Waals surface area contributed by atoms with Gasteiger partial charge in [0.05, 0.1) is 22.2 Å². The van der Waals surface area contributed by atoms with Crippen LogP contribution in [0.3, 0.4) is 0 Å². The summed E-state index contributed by atoms with van der Waals surface area (Å²) in [6.45, 7) is 2.17. The zero-order chi connectivity index (χ0) is 36.2. The molecule has 12 rings (SSSR count). The standard InChI is InChI=1S/C51H31N3O/c1-30-25-27-35-34-17-7-8-19-37(34)45-41-23-11-20-38(40-22-12-21-39-36-18-9-10-24-44(36)55-50(39)40)48(41)54(49(45)43(35)29-30)51-52-46(32-14-3-2-4-15-32)42-28-26-31-13-5-6-16-33(31)47(42)53-51/h2-29H,1H3. The first-order valence-corrected chi connectivity index (χ1v) is 18.8. The van der Waals surface area contributed by atoms with E-state index in [2.05, 4.69) is 175 Å². The molecule has 0 aliphatic rings. The second-order valence-electron chi connectivity index (χ2n) is 14.6. The van der Waals surface area contributed by atoms with Crippen molar-refractivity contribution in [2.24, 2.45) is 0 Å². The van der Waals surface area contributed by atoms with Crippen LogP contribution in [0.1, 0.15) is 5.56 Å². The second-order valence-corrected chi connectivity index (χ2v) is 14.6. The molecule has 0 unspecified atom stereocenters. The first-order chi connectivity index (χ1) is 27.2. The van der Waals surface area contributed by atoms with Crippen molar-refractivity contribution in [1.29, 1.82) is 0 Å². The van der Waals surface area contributed by atoms with Gasteiger partial charge in [-0.15, -0.1) is 0 Å². The largest absolute Gasteiger partial charge is 0.455 e. The number of para-hydroxylation sites is 3. The molecule has 0 fully saturated rings. The molecule has 0 aliphatic heterocycles. The molecule has 0 spiro atoms. The lowest BCUT2D eigenvalue weighted by Gasteiger charge is -2.16. The van der Waals surface area contributed by atoms with Crippen molar-refractivity contribution in [2.75, 3.05) is 0 Å². The summed E-state index contributed by atoms with van der Waals surface area (Å²) < 4.78 is 9.06. The average molecular weight is 702 g/mol. The normalized spacial score (nSPS) is 12.1. The SMILES string of the molecule is Cc1ccc2c3ccccc3c3c4cccc(-c5cccc6c5oc5ccccc56)c4n(-c4nc(-c5ccccc5)c5ccc6ccccc6c5n4)c3c2c1. The van der Waals surface area contributed by atoms with Crippen molar-refractivity contribution in [3.05, 3.63) is 175 Å². The molecular weight excluding hydrogens is 671 g/mol. The zero-order valence-electron chi connectivity index (χ0n) is 29.9. The third-order valence-corrected chi connectivity index (χ3v) is 11.4. The van der Waals surface area contributed by atoms with Crippen molar-refractivity contribution in [2.45, 2.75) is 6.92 Å². The van der Waals surface area contributed by atoms with E-state index < -0.39 is 0 Å². The van der Waals surface area contributed by atoms with E-state index in [0.29, 0.717) is 5.95 Å².